The van der Waals surface area contributed by atoms with E-state index in [1.54, 1.807) is 6.20 Å². The fourth-order valence-corrected chi connectivity index (χ4v) is 2.25. The summed E-state index contributed by atoms with van der Waals surface area (Å²) in [6.07, 6.45) is 4.23. The number of hydrogen-bond acceptors (Lipinski definition) is 4. The van der Waals surface area contributed by atoms with Gasteiger partial charge in [-0.25, -0.2) is 4.98 Å². The number of pyridine rings is 1. The van der Waals surface area contributed by atoms with E-state index in [9.17, 15) is 0 Å². The third kappa shape index (κ3) is 2.44. The van der Waals surface area contributed by atoms with Gasteiger partial charge in [0, 0.05) is 19.6 Å². The Morgan fingerprint density at radius 3 is 2.94 bits per heavy atom. The molecule has 0 saturated carbocycles. The molecule has 1 saturated heterocycles. The summed E-state index contributed by atoms with van der Waals surface area (Å²) in [5.74, 6) is 1.01. The number of piperidine rings is 1. The maximum absolute atomic E-state index is 5.64. The number of hydrogen-bond donors (Lipinski definition) is 1. The van der Waals surface area contributed by atoms with Crippen molar-refractivity contribution in [3.05, 3.63) is 18.3 Å². The number of rotatable bonds is 2. The molecule has 1 fully saturated rings. The highest BCUT2D eigenvalue weighted by atomic mass is 15.2. The largest absolute Gasteiger partial charge is 0.397 e. The Labute approximate surface area is 97.1 Å². The second kappa shape index (κ2) is 4.70. The molecule has 88 valence electrons. The molecule has 0 spiro atoms. The van der Waals surface area contributed by atoms with Crippen molar-refractivity contribution in [1.29, 1.82) is 0 Å². The molecule has 0 aliphatic carbocycles. The van der Waals surface area contributed by atoms with Crippen LogP contribution < -0.4 is 10.6 Å². The lowest BCUT2D eigenvalue weighted by molar-refractivity contribution is 0.247. The molecule has 4 nitrogen and oxygen atoms in total. The Balaban J connectivity index is 2.06. The van der Waals surface area contributed by atoms with E-state index < -0.39 is 0 Å². The van der Waals surface area contributed by atoms with E-state index in [1.165, 1.54) is 19.4 Å². The number of nitrogens with zero attached hydrogens (tertiary/aromatic N) is 3. The summed E-state index contributed by atoms with van der Waals surface area (Å²) in [5.41, 5.74) is 6.36. The van der Waals surface area contributed by atoms with E-state index in [0.717, 1.165) is 18.1 Å². The fraction of sp³-hybridized carbons (Fsp3) is 0.583. The molecule has 0 amide bonds. The van der Waals surface area contributed by atoms with Gasteiger partial charge in [0.25, 0.3) is 0 Å². The molecular weight excluding hydrogens is 200 g/mol. The lowest BCUT2D eigenvalue weighted by atomic mass is 10.1. The Bertz CT molecular complexity index is 335. The van der Waals surface area contributed by atoms with Gasteiger partial charge in [-0.05, 0) is 38.6 Å². The van der Waals surface area contributed by atoms with Gasteiger partial charge in [0.1, 0.15) is 5.82 Å². The number of nitrogens with two attached hydrogens (primary N) is 1. The smallest absolute Gasteiger partial charge is 0.128 e. The van der Waals surface area contributed by atoms with E-state index in [2.05, 4.69) is 28.9 Å². The van der Waals surface area contributed by atoms with Gasteiger partial charge in [-0.1, -0.05) is 0 Å². The number of anilines is 2. The molecule has 1 atom stereocenters. The van der Waals surface area contributed by atoms with E-state index in [4.69, 9.17) is 5.73 Å². The number of aromatic nitrogens is 1. The number of likely N-dealkylation sites (tertiary alicyclic amines) is 1. The minimum atomic E-state index is 0.565. The molecule has 2 rings (SSSR count). The molecule has 0 bridgehead atoms. The van der Waals surface area contributed by atoms with Crippen LogP contribution in [-0.2, 0) is 0 Å². The Morgan fingerprint density at radius 2 is 2.31 bits per heavy atom. The second-order valence-corrected chi connectivity index (χ2v) is 4.62. The van der Waals surface area contributed by atoms with E-state index in [1.807, 2.05) is 12.1 Å². The van der Waals surface area contributed by atoms with Crippen LogP contribution in [0.5, 0.6) is 0 Å². The van der Waals surface area contributed by atoms with Gasteiger partial charge in [-0.15, -0.1) is 0 Å². The van der Waals surface area contributed by atoms with Crippen LogP contribution in [-0.4, -0.2) is 43.1 Å². The first-order valence-electron chi connectivity index (χ1n) is 5.80. The van der Waals surface area contributed by atoms with Crippen LogP contribution in [0.2, 0.25) is 0 Å². The summed E-state index contributed by atoms with van der Waals surface area (Å²) in [6, 6.07) is 4.46. The normalized spacial score (nSPS) is 22.0. The van der Waals surface area contributed by atoms with Gasteiger partial charge in [0.2, 0.25) is 0 Å². The van der Waals surface area contributed by atoms with Crippen LogP contribution in [0, 0.1) is 0 Å². The highest BCUT2D eigenvalue weighted by molar-refractivity contribution is 5.46. The highest BCUT2D eigenvalue weighted by Gasteiger charge is 2.21. The van der Waals surface area contributed by atoms with Crippen LogP contribution in [0.3, 0.4) is 0 Å². The molecular formula is C12H20N4. The second-order valence-electron chi connectivity index (χ2n) is 4.62. The third-order valence-electron chi connectivity index (χ3n) is 3.28. The van der Waals surface area contributed by atoms with Crippen LogP contribution >= 0.6 is 0 Å². The molecule has 1 aliphatic rings. The lowest BCUT2D eigenvalue weighted by Gasteiger charge is -2.36. The quantitative estimate of drug-likeness (QED) is 0.813. The monoisotopic (exact) mass is 220 g/mol. The summed E-state index contributed by atoms with van der Waals surface area (Å²) in [6.45, 7) is 2.32. The third-order valence-corrected chi connectivity index (χ3v) is 3.28. The summed E-state index contributed by atoms with van der Waals surface area (Å²) < 4.78 is 0. The number of likely N-dealkylation sites (N-methyl/N-ethyl adjacent to an activating group) is 2. The van der Waals surface area contributed by atoms with Crippen molar-refractivity contribution in [2.24, 2.45) is 0 Å². The highest BCUT2D eigenvalue weighted by Crippen LogP contribution is 2.19. The van der Waals surface area contributed by atoms with E-state index in [0.29, 0.717) is 6.04 Å². The van der Waals surface area contributed by atoms with Crippen molar-refractivity contribution in [3.63, 3.8) is 0 Å². The van der Waals surface area contributed by atoms with Crippen LogP contribution in [0.4, 0.5) is 11.5 Å². The zero-order chi connectivity index (χ0) is 11.5. The first kappa shape index (κ1) is 11.2. The van der Waals surface area contributed by atoms with Crippen LogP contribution in [0.15, 0.2) is 18.3 Å². The van der Waals surface area contributed by atoms with Gasteiger partial charge in [-0.3, -0.25) is 0 Å². The average Bonchev–Trinajstić information content (AvgIpc) is 2.29. The molecule has 1 aliphatic heterocycles. The molecule has 0 aromatic carbocycles. The predicted octanol–water partition coefficient (Wildman–Crippen LogP) is 1.19. The van der Waals surface area contributed by atoms with Gasteiger partial charge in [0.15, 0.2) is 0 Å². The maximum Gasteiger partial charge on any atom is 0.128 e. The van der Waals surface area contributed by atoms with Crippen molar-refractivity contribution in [3.8, 4) is 0 Å². The van der Waals surface area contributed by atoms with Gasteiger partial charge in [-0.2, -0.15) is 0 Å². The Kier molecular flexibility index (Phi) is 3.29. The van der Waals surface area contributed by atoms with Gasteiger partial charge in [0.05, 0.1) is 11.9 Å². The molecule has 1 aromatic rings. The van der Waals surface area contributed by atoms with E-state index in [-0.39, 0.29) is 0 Å². The van der Waals surface area contributed by atoms with E-state index >= 15 is 0 Å². The Hall–Kier alpha value is -1.29. The molecule has 1 aromatic heterocycles. The zero-order valence-electron chi connectivity index (χ0n) is 10.1. The summed E-state index contributed by atoms with van der Waals surface area (Å²) in [7, 11) is 4.29. The summed E-state index contributed by atoms with van der Waals surface area (Å²) >= 11 is 0. The first-order chi connectivity index (χ1) is 7.66. The molecule has 2 heterocycles. The molecule has 16 heavy (non-hydrogen) atoms. The first-order valence-corrected chi connectivity index (χ1v) is 5.80. The number of nitrogen functional groups attached to an aromatic ring is 1. The standard InChI is InChI=1S/C12H20N4/c1-15-7-3-4-11(9-15)16(2)12-6-5-10(13)8-14-12/h5-6,8,11H,3-4,7,9,13H2,1-2H3. The minimum Gasteiger partial charge on any atom is -0.397 e. The Morgan fingerprint density at radius 1 is 1.50 bits per heavy atom. The van der Waals surface area contributed by atoms with Crippen molar-refractivity contribution in [1.82, 2.24) is 9.88 Å². The maximum atomic E-state index is 5.64. The van der Waals surface area contributed by atoms with Crippen LogP contribution in [0.1, 0.15) is 12.8 Å². The van der Waals surface area contributed by atoms with Gasteiger partial charge < -0.3 is 15.5 Å². The van der Waals surface area contributed by atoms with Crippen LogP contribution in [0.25, 0.3) is 0 Å². The predicted molar refractivity (Wildman–Crippen MR) is 67.6 cm³/mol. The van der Waals surface area contributed by atoms with Crippen molar-refractivity contribution in [2.45, 2.75) is 18.9 Å². The lowest BCUT2D eigenvalue weighted by Crippen LogP contribution is -2.45. The fourth-order valence-electron chi connectivity index (χ4n) is 2.25. The summed E-state index contributed by atoms with van der Waals surface area (Å²) in [5, 5.41) is 0. The molecule has 0 radical (unpaired) electrons. The van der Waals surface area contributed by atoms with Crippen molar-refractivity contribution >= 4 is 11.5 Å². The van der Waals surface area contributed by atoms with Crippen molar-refractivity contribution in [2.75, 3.05) is 37.8 Å². The molecule has 4 heteroatoms. The summed E-state index contributed by atoms with van der Waals surface area (Å²) in [4.78, 5) is 9.00. The topological polar surface area (TPSA) is 45.4 Å². The average molecular weight is 220 g/mol. The van der Waals surface area contributed by atoms with Gasteiger partial charge >= 0.3 is 0 Å². The zero-order valence-corrected chi connectivity index (χ0v) is 10.1. The van der Waals surface area contributed by atoms with Crippen molar-refractivity contribution < 1.29 is 0 Å². The molecule has 1 unspecified atom stereocenters. The SMILES string of the molecule is CN1CCCC(N(C)c2ccc(N)cn2)C1. The molecule has 2 N–H and O–H groups in total. The minimum absolute atomic E-state index is 0.565.